The monoisotopic (exact) mass is 396 g/mol. The highest BCUT2D eigenvalue weighted by molar-refractivity contribution is 5.69. The Kier molecular flexibility index (Phi) is 16.5. The molecule has 29 heavy (non-hydrogen) atoms. The molecule has 160 valence electrons. The number of rotatable bonds is 17. The molecule has 0 aliphatic rings. The van der Waals surface area contributed by atoms with E-state index in [1.807, 2.05) is 42.5 Å². The second-order valence-corrected chi connectivity index (χ2v) is 7.48. The van der Waals surface area contributed by atoms with Gasteiger partial charge in [0, 0.05) is 6.42 Å². The molecule has 0 spiro atoms. The number of benzene rings is 1. The van der Waals surface area contributed by atoms with Gasteiger partial charge in [-0.3, -0.25) is 4.79 Å². The molecule has 0 fully saturated rings. The van der Waals surface area contributed by atoms with E-state index in [2.05, 4.69) is 31.2 Å². The fourth-order valence-corrected chi connectivity index (χ4v) is 3.04. The summed E-state index contributed by atoms with van der Waals surface area (Å²) in [5, 5.41) is 0. The predicted molar refractivity (Wildman–Crippen MR) is 126 cm³/mol. The van der Waals surface area contributed by atoms with E-state index in [9.17, 15) is 4.79 Å². The summed E-state index contributed by atoms with van der Waals surface area (Å²) in [6.45, 7) is 2.60. The molecule has 0 radical (unpaired) electrons. The van der Waals surface area contributed by atoms with Crippen molar-refractivity contribution in [3.05, 3.63) is 66.3 Å². The first-order chi connectivity index (χ1) is 14.3. The fraction of sp³-hybridized carbons (Fsp3) is 0.519. The molecule has 0 aliphatic heterocycles. The van der Waals surface area contributed by atoms with E-state index in [4.69, 9.17) is 4.74 Å². The van der Waals surface area contributed by atoms with Crippen molar-refractivity contribution in [1.29, 1.82) is 0 Å². The summed E-state index contributed by atoms with van der Waals surface area (Å²) in [6, 6.07) is 10.0. The number of hydrogen-bond acceptors (Lipinski definition) is 2. The van der Waals surface area contributed by atoms with E-state index in [-0.39, 0.29) is 5.97 Å². The zero-order valence-corrected chi connectivity index (χ0v) is 18.4. The van der Waals surface area contributed by atoms with Crippen molar-refractivity contribution in [2.24, 2.45) is 0 Å². The van der Waals surface area contributed by atoms with Gasteiger partial charge in [0.05, 0.1) is 0 Å². The third kappa shape index (κ3) is 16.6. The van der Waals surface area contributed by atoms with Crippen molar-refractivity contribution in [2.75, 3.05) is 6.61 Å². The summed E-state index contributed by atoms with van der Waals surface area (Å²) in [5.74, 6) is -0.0895. The Labute approximate surface area is 178 Å². The Morgan fingerprint density at radius 1 is 0.793 bits per heavy atom. The Balaban J connectivity index is 1.87. The maximum absolute atomic E-state index is 11.7. The number of ether oxygens (including phenoxy) is 1. The van der Waals surface area contributed by atoms with Gasteiger partial charge in [0.1, 0.15) is 6.61 Å². The van der Waals surface area contributed by atoms with E-state index < -0.39 is 0 Å². The van der Waals surface area contributed by atoms with Gasteiger partial charge in [-0.25, -0.2) is 0 Å². The van der Waals surface area contributed by atoms with Crippen LogP contribution in [0.3, 0.4) is 0 Å². The van der Waals surface area contributed by atoms with Crippen molar-refractivity contribution >= 4 is 12.0 Å². The van der Waals surface area contributed by atoms with Crippen LogP contribution < -0.4 is 0 Å². The van der Waals surface area contributed by atoms with Crippen molar-refractivity contribution in [2.45, 2.75) is 84.0 Å². The molecule has 1 rings (SSSR count). The van der Waals surface area contributed by atoms with Crippen LogP contribution in [0.15, 0.2) is 60.7 Å². The number of hydrogen-bond donors (Lipinski definition) is 0. The first-order valence-electron chi connectivity index (χ1n) is 11.5. The van der Waals surface area contributed by atoms with E-state index in [1.165, 1.54) is 51.4 Å². The number of unbranched alkanes of at least 4 members (excludes halogenated alkanes) is 8. The van der Waals surface area contributed by atoms with Crippen LogP contribution in [0.2, 0.25) is 0 Å². The average molecular weight is 397 g/mol. The van der Waals surface area contributed by atoms with Crippen LogP contribution >= 0.6 is 0 Å². The molecule has 0 unspecified atom stereocenters. The maximum atomic E-state index is 11.7. The number of allylic oxidation sites excluding steroid dienone is 4. The van der Waals surface area contributed by atoms with E-state index >= 15 is 0 Å². The summed E-state index contributed by atoms with van der Waals surface area (Å²) in [6.07, 6.45) is 26.7. The fourth-order valence-electron chi connectivity index (χ4n) is 3.04. The highest BCUT2D eigenvalue weighted by atomic mass is 16.5. The highest BCUT2D eigenvalue weighted by Crippen LogP contribution is 2.09. The molecule has 0 bridgehead atoms. The van der Waals surface area contributed by atoms with Gasteiger partial charge in [-0.15, -0.1) is 0 Å². The molecule has 0 saturated heterocycles. The lowest BCUT2D eigenvalue weighted by atomic mass is 10.1. The standard InChI is InChI=1S/C27H40O2/c1-2-3-4-5-6-7-8-9-10-11-12-13-14-15-19-24-27(28)29-25-20-23-26-21-17-16-18-22-26/h6-7,9-10,16-18,20-23H,2-5,8,11-15,19,24-25H2,1H3/b7-6-,10-9-,23-20+. The molecule has 0 saturated carbocycles. The molecule has 0 heterocycles. The lowest BCUT2D eigenvalue weighted by Gasteiger charge is -2.02. The Morgan fingerprint density at radius 2 is 1.45 bits per heavy atom. The van der Waals surface area contributed by atoms with Gasteiger partial charge in [0.25, 0.3) is 0 Å². The predicted octanol–water partition coefficient (Wildman–Crippen LogP) is 8.06. The minimum atomic E-state index is -0.0895. The first-order valence-corrected chi connectivity index (χ1v) is 11.5. The summed E-state index contributed by atoms with van der Waals surface area (Å²) in [7, 11) is 0. The number of carbonyl (C=O) groups excluding carboxylic acids is 1. The lowest BCUT2D eigenvalue weighted by Crippen LogP contribution is -2.03. The molecule has 2 heteroatoms. The molecule has 0 atom stereocenters. The smallest absolute Gasteiger partial charge is 0.306 e. The largest absolute Gasteiger partial charge is 0.461 e. The third-order valence-corrected chi connectivity index (χ3v) is 4.78. The van der Waals surface area contributed by atoms with Gasteiger partial charge in [0.2, 0.25) is 0 Å². The van der Waals surface area contributed by atoms with Gasteiger partial charge in [-0.1, -0.05) is 99.7 Å². The minimum Gasteiger partial charge on any atom is -0.461 e. The van der Waals surface area contributed by atoms with E-state index in [0.717, 1.165) is 24.8 Å². The number of carbonyl (C=O) groups is 1. The topological polar surface area (TPSA) is 26.3 Å². The number of esters is 1. The zero-order chi connectivity index (χ0) is 20.8. The minimum absolute atomic E-state index is 0.0895. The summed E-state index contributed by atoms with van der Waals surface area (Å²) >= 11 is 0. The van der Waals surface area contributed by atoms with Crippen LogP contribution in [0.25, 0.3) is 6.08 Å². The zero-order valence-electron chi connectivity index (χ0n) is 18.4. The van der Waals surface area contributed by atoms with Crippen LogP contribution in [0.1, 0.15) is 89.5 Å². The molecule has 0 N–H and O–H groups in total. The van der Waals surface area contributed by atoms with Crippen LogP contribution in [0, 0.1) is 0 Å². The van der Waals surface area contributed by atoms with Gasteiger partial charge < -0.3 is 4.74 Å². The second kappa shape index (κ2) is 19.2. The van der Waals surface area contributed by atoms with Gasteiger partial charge in [-0.05, 0) is 50.2 Å². The molecule has 0 aliphatic carbocycles. The van der Waals surface area contributed by atoms with Gasteiger partial charge in [-0.2, -0.15) is 0 Å². The van der Waals surface area contributed by atoms with Crippen LogP contribution in [-0.4, -0.2) is 12.6 Å². The Bertz CT molecular complexity index is 584. The van der Waals surface area contributed by atoms with Crippen molar-refractivity contribution in [3.8, 4) is 0 Å². The normalized spacial score (nSPS) is 11.8. The van der Waals surface area contributed by atoms with Gasteiger partial charge in [0.15, 0.2) is 0 Å². The molecule has 1 aromatic carbocycles. The van der Waals surface area contributed by atoms with E-state index in [0.29, 0.717) is 13.0 Å². The Morgan fingerprint density at radius 3 is 2.17 bits per heavy atom. The lowest BCUT2D eigenvalue weighted by molar-refractivity contribution is -0.142. The molecular weight excluding hydrogens is 356 g/mol. The van der Waals surface area contributed by atoms with Gasteiger partial charge >= 0.3 is 5.97 Å². The summed E-state index contributed by atoms with van der Waals surface area (Å²) < 4.78 is 5.24. The molecule has 2 nitrogen and oxygen atoms in total. The first kappa shape index (κ1) is 24.9. The average Bonchev–Trinajstić information content (AvgIpc) is 2.75. The van der Waals surface area contributed by atoms with Crippen molar-refractivity contribution in [1.82, 2.24) is 0 Å². The maximum Gasteiger partial charge on any atom is 0.306 e. The molecule has 1 aromatic rings. The molecule has 0 aromatic heterocycles. The SMILES string of the molecule is CCCCC/C=C\C/C=C\CCCCCCCC(=O)OC/C=C/c1ccccc1. The summed E-state index contributed by atoms with van der Waals surface area (Å²) in [5.41, 5.74) is 1.12. The molecule has 0 amide bonds. The summed E-state index contributed by atoms with van der Waals surface area (Å²) in [4.78, 5) is 11.7. The van der Waals surface area contributed by atoms with Crippen LogP contribution in [0.5, 0.6) is 0 Å². The van der Waals surface area contributed by atoms with Crippen molar-refractivity contribution < 1.29 is 9.53 Å². The van der Waals surface area contributed by atoms with E-state index in [1.54, 1.807) is 0 Å². The quantitative estimate of drug-likeness (QED) is 0.151. The third-order valence-electron chi connectivity index (χ3n) is 4.78. The van der Waals surface area contributed by atoms with Crippen LogP contribution in [0.4, 0.5) is 0 Å². The highest BCUT2D eigenvalue weighted by Gasteiger charge is 2.01. The van der Waals surface area contributed by atoms with Crippen LogP contribution in [-0.2, 0) is 9.53 Å². The Hall–Kier alpha value is -2.09. The molecular formula is C27H40O2. The second-order valence-electron chi connectivity index (χ2n) is 7.48. The van der Waals surface area contributed by atoms with Crippen molar-refractivity contribution in [3.63, 3.8) is 0 Å².